The molecule has 3 aliphatic heterocycles. The molecule has 6 N–H and O–H groups in total. The Kier molecular flexibility index (Phi) is 14.9. The molecule has 0 unspecified atom stereocenters. The monoisotopic (exact) mass is 925 g/mol. The highest BCUT2D eigenvalue weighted by molar-refractivity contribution is 5.99. The van der Waals surface area contributed by atoms with Crippen molar-refractivity contribution in [3.63, 3.8) is 0 Å². The lowest BCUT2D eigenvalue weighted by Gasteiger charge is -2.35. The summed E-state index contributed by atoms with van der Waals surface area (Å²) in [5.41, 5.74) is 25.8. The van der Waals surface area contributed by atoms with E-state index < -0.39 is 0 Å². The number of guanidine groups is 2. The van der Waals surface area contributed by atoms with Crippen molar-refractivity contribution in [1.82, 2.24) is 49.2 Å². The quantitative estimate of drug-likeness (QED) is 0.0665. The van der Waals surface area contributed by atoms with E-state index in [0.717, 1.165) is 41.9 Å². The van der Waals surface area contributed by atoms with Crippen LogP contribution in [0.2, 0.25) is 0 Å². The van der Waals surface area contributed by atoms with Crippen LogP contribution in [-0.4, -0.2) is 172 Å². The van der Waals surface area contributed by atoms with E-state index in [1.54, 1.807) is 25.4 Å². The number of fused-ring (bicyclic) bond motifs is 3. The molecular weight excluding hydrogens is 867 g/mol. The molecule has 68 heavy (non-hydrogen) atoms. The number of ether oxygens (including phenoxy) is 1. The lowest BCUT2D eigenvalue weighted by Crippen LogP contribution is -2.50. The van der Waals surface area contributed by atoms with Gasteiger partial charge in [-0.1, -0.05) is 18.2 Å². The molecule has 21 nitrogen and oxygen atoms in total. The SMILES string of the molecule is C=NC(=N/C=C(\C)C(=O)N1CCc2cc(Cn3nc(-c4ccc5oc(N)nc5c4)c4c(N)ncnc43)ccc2C1)N1CCN(CCOCCC(=O)N2CCN(C(N=C)=N/C=C(\C)CN)CC2)CC1. The van der Waals surface area contributed by atoms with E-state index in [2.05, 4.69) is 76.4 Å². The van der Waals surface area contributed by atoms with E-state index in [0.29, 0.717) is 143 Å². The molecule has 2 amide bonds. The number of amides is 2. The topological polar surface area (TPSA) is 257 Å². The molecule has 8 rings (SSSR count). The maximum Gasteiger partial charge on any atom is 0.292 e. The average molecular weight is 926 g/mol. The van der Waals surface area contributed by atoms with Crippen LogP contribution in [0.4, 0.5) is 11.8 Å². The van der Waals surface area contributed by atoms with Gasteiger partial charge in [-0.25, -0.2) is 34.6 Å². The van der Waals surface area contributed by atoms with Gasteiger partial charge in [-0.05, 0) is 74.2 Å². The zero-order chi connectivity index (χ0) is 47.7. The van der Waals surface area contributed by atoms with Gasteiger partial charge >= 0.3 is 0 Å². The van der Waals surface area contributed by atoms with Gasteiger partial charge in [0.2, 0.25) is 17.8 Å². The van der Waals surface area contributed by atoms with Crippen molar-refractivity contribution >= 4 is 71.1 Å². The molecule has 2 aromatic carbocycles. The molecule has 0 spiro atoms. The zero-order valence-electron chi connectivity index (χ0n) is 38.8. The summed E-state index contributed by atoms with van der Waals surface area (Å²) in [4.78, 5) is 67.0. The van der Waals surface area contributed by atoms with Gasteiger partial charge in [-0.15, -0.1) is 0 Å². The molecular formula is C47H59N17O4. The molecule has 5 aromatic rings. The van der Waals surface area contributed by atoms with Crippen LogP contribution < -0.4 is 17.2 Å². The number of aromatic nitrogens is 5. The molecule has 2 fully saturated rings. The van der Waals surface area contributed by atoms with E-state index in [1.165, 1.54) is 11.9 Å². The predicted octanol–water partition coefficient (Wildman–Crippen LogP) is 2.78. The number of benzene rings is 2. The summed E-state index contributed by atoms with van der Waals surface area (Å²) in [6.07, 6.45) is 5.78. The molecule has 21 heteroatoms. The maximum absolute atomic E-state index is 13.7. The number of piperazine rings is 2. The van der Waals surface area contributed by atoms with Crippen molar-refractivity contribution in [3.8, 4) is 11.3 Å². The highest BCUT2D eigenvalue weighted by atomic mass is 16.5. The molecule has 0 radical (unpaired) electrons. The minimum atomic E-state index is -0.0763. The summed E-state index contributed by atoms with van der Waals surface area (Å²) in [6.45, 7) is 20.2. The molecule has 0 atom stereocenters. The fraction of sp³-hybridized carbons (Fsp3) is 0.404. The lowest BCUT2D eigenvalue weighted by molar-refractivity contribution is -0.133. The number of hydrogen-bond donors (Lipinski definition) is 3. The zero-order valence-corrected chi connectivity index (χ0v) is 38.8. The summed E-state index contributed by atoms with van der Waals surface area (Å²) in [5.74, 6) is 1.36. The summed E-state index contributed by atoms with van der Waals surface area (Å²) in [5, 5.41) is 5.60. The first-order chi connectivity index (χ1) is 33.0. The normalized spacial score (nSPS) is 16.8. The van der Waals surface area contributed by atoms with E-state index in [9.17, 15) is 9.59 Å². The second kappa shape index (κ2) is 21.5. The number of aliphatic imine (C=N–C) groups is 4. The molecule has 6 heterocycles. The molecule has 2 saturated heterocycles. The first kappa shape index (κ1) is 47.1. The van der Waals surface area contributed by atoms with Crippen LogP contribution in [0.15, 0.2) is 90.7 Å². The Morgan fingerprint density at radius 2 is 1.56 bits per heavy atom. The molecule has 0 bridgehead atoms. The number of nitrogens with two attached hydrogens (primary N) is 3. The number of rotatable bonds is 13. The Labute approximate surface area is 394 Å². The van der Waals surface area contributed by atoms with E-state index >= 15 is 0 Å². The van der Waals surface area contributed by atoms with Gasteiger partial charge in [0.15, 0.2) is 11.2 Å². The van der Waals surface area contributed by atoms with Crippen LogP contribution in [0.25, 0.3) is 33.4 Å². The maximum atomic E-state index is 13.7. The molecule has 0 saturated carbocycles. The number of nitrogens with zero attached hydrogens (tertiary/aromatic N) is 14. The summed E-state index contributed by atoms with van der Waals surface area (Å²) in [6, 6.07) is 12.0. The van der Waals surface area contributed by atoms with Gasteiger partial charge in [0.05, 0.1) is 31.6 Å². The highest BCUT2D eigenvalue weighted by Crippen LogP contribution is 2.33. The van der Waals surface area contributed by atoms with Crippen molar-refractivity contribution in [3.05, 3.63) is 83.0 Å². The Morgan fingerprint density at radius 1 is 0.838 bits per heavy atom. The van der Waals surface area contributed by atoms with Gasteiger partial charge in [-0.3, -0.25) is 14.5 Å². The summed E-state index contributed by atoms with van der Waals surface area (Å²) >= 11 is 0. The van der Waals surface area contributed by atoms with Crippen LogP contribution in [-0.2, 0) is 33.8 Å². The van der Waals surface area contributed by atoms with Gasteiger partial charge in [0.25, 0.3) is 11.9 Å². The summed E-state index contributed by atoms with van der Waals surface area (Å²) in [7, 11) is 0. The third kappa shape index (κ3) is 10.9. The van der Waals surface area contributed by atoms with Gasteiger partial charge < -0.3 is 46.0 Å². The van der Waals surface area contributed by atoms with E-state index in [1.807, 2.05) is 38.4 Å². The molecule has 3 aliphatic rings. The average Bonchev–Trinajstić information content (AvgIpc) is 3.93. The van der Waals surface area contributed by atoms with Gasteiger partial charge in [0.1, 0.15) is 23.4 Å². The van der Waals surface area contributed by atoms with Crippen LogP contribution in [0.5, 0.6) is 0 Å². The number of carbonyl (C=O) groups is 2. The van der Waals surface area contributed by atoms with E-state index in [-0.39, 0.29) is 17.8 Å². The van der Waals surface area contributed by atoms with Crippen LogP contribution in [0.3, 0.4) is 0 Å². The number of anilines is 2. The molecule has 3 aromatic heterocycles. The Morgan fingerprint density at radius 3 is 2.29 bits per heavy atom. The van der Waals surface area contributed by atoms with Gasteiger partial charge in [-0.2, -0.15) is 10.1 Å². The Balaban J connectivity index is 0.778. The second-order valence-corrected chi connectivity index (χ2v) is 17.0. The minimum Gasteiger partial charge on any atom is -0.424 e. The van der Waals surface area contributed by atoms with Crippen molar-refractivity contribution < 1.29 is 18.7 Å². The molecule has 0 aliphatic carbocycles. The fourth-order valence-electron chi connectivity index (χ4n) is 8.55. The predicted molar refractivity (Wildman–Crippen MR) is 264 cm³/mol. The van der Waals surface area contributed by atoms with E-state index in [4.69, 9.17) is 31.5 Å². The summed E-state index contributed by atoms with van der Waals surface area (Å²) < 4.78 is 13.2. The second-order valence-electron chi connectivity index (χ2n) is 17.0. The van der Waals surface area contributed by atoms with Crippen LogP contribution in [0, 0.1) is 0 Å². The van der Waals surface area contributed by atoms with Crippen molar-refractivity contribution in [1.29, 1.82) is 0 Å². The first-order valence-corrected chi connectivity index (χ1v) is 22.7. The Hall–Kier alpha value is -7.36. The molecule has 356 valence electrons. The van der Waals surface area contributed by atoms with Crippen LogP contribution >= 0.6 is 0 Å². The first-order valence-electron chi connectivity index (χ1n) is 22.7. The van der Waals surface area contributed by atoms with Crippen molar-refractivity contribution in [2.75, 3.05) is 96.7 Å². The van der Waals surface area contributed by atoms with Crippen molar-refractivity contribution in [2.45, 2.75) is 39.8 Å². The minimum absolute atomic E-state index is 0.0763. The highest BCUT2D eigenvalue weighted by Gasteiger charge is 2.26. The third-order valence-corrected chi connectivity index (χ3v) is 12.4. The fourth-order valence-corrected chi connectivity index (χ4v) is 8.55. The van der Waals surface area contributed by atoms with Crippen molar-refractivity contribution in [2.24, 2.45) is 25.7 Å². The third-order valence-electron chi connectivity index (χ3n) is 12.4. The number of oxazole rings is 1. The number of hydrogen-bond acceptors (Lipinski definition) is 14. The number of nitrogen functional groups attached to an aromatic ring is 2. The number of carbonyl (C=O) groups excluding carboxylic acids is 2. The van der Waals surface area contributed by atoms with Gasteiger partial charge in [0, 0.05) is 102 Å². The Bertz CT molecular complexity index is 2790. The largest absolute Gasteiger partial charge is 0.424 e. The lowest BCUT2D eigenvalue weighted by atomic mass is 9.97. The van der Waals surface area contributed by atoms with Crippen LogP contribution in [0.1, 0.15) is 37.0 Å². The standard InChI is InChI=1S/C47H59N17O4/c1-31(25-48)26-53-46(51-3)62-18-16-60(17-19-62)39(65)10-21-67-22-20-59-12-14-61(15-13-59)47(52-4)54-27-32(2)44(66)63-11-9-34-23-33(5-6-36(34)29-63)28-64-43-40(42(49)55-30-56-43)41(58-64)35-7-8-38-37(24-35)57-45(50)68-38/h5-8,23-24,26-27,30H,3-4,9-22,25,28-29,48H2,1-2H3,(H2,50,57)(H2,49,55,56)/b31-26+,32-27+,53-46?,54-47?. The smallest absolute Gasteiger partial charge is 0.292 e.